The van der Waals surface area contributed by atoms with Gasteiger partial charge in [-0.3, -0.25) is 4.98 Å². The van der Waals surface area contributed by atoms with Crippen molar-refractivity contribution in [3.63, 3.8) is 0 Å². The van der Waals surface area contributed by atoms with Gasteiger partial charge in [0.15, 0.2) is 0 Å². The molecule has 0 saturated carbocycles. The minimum Gasteiger partial charge on any atom is -0.384 e. The van der Waals surface area contributed by atoms with Crippen LogP contribution >= 0.6 is 0 Å². The standard InChI is InChI=1S/C15H17N3/c1-3-5-11-6-7-14-13(8-11)15(17-4-2)12(9-16)10-18-14/h6-8,10H,3-5H2,1-2H3,(H,17,18). The summed E-state index contributed by atoms with van der Waals surface area (Å²) < 4.78 is 0. The van der Waals surface area contributed by atoms with E-state index in [0.717, 1.165) is 36.0 Å². The van der Waals surface area contributed by atoms with E-state index >= 15 is 0 Å². The zero-order chi connectivity index (χ0) is 13.0. The Bertz CT molecular complexity index is 596. The number of benzene rings is 1. The maximum absolute atomic E-state index is 9.15. The maximum Gasteiger partial charge on any atom is 0.103 e. The Labute approximate surface area is 107 Å². The van der Waals surface area contributed by atoms with Crippen LogP contribution in [0.3, 0.4) is 0 Å². The maximum atomic E-state index is 9.15. The Morgan fingerprint density at radius 1 is 1.33 bits per heavy atom. The highest BCUT2D eigenvalue weighted by molar-refractivity contribution is 5.94. The van der Waals surface area contributed by atoms with Crippen molar-refractivity contribution in [1.29, 1.82) is 5.26 Å². The molecule has 0 bridgehead atoms. The summed E-state index contributed by atoms with van der Waals surface area (Å²) in [6.07, 6.45) is 3.81. The van der Waals surface area contributed by atoms with E-state index in [4.69, 9.17) is 5.26 Å². The van der Waals surface area contributed by atoms with Gasteiger partial charge in [0.1, 0.15) is 6.07 Å². The van der Waals surface area contributed by atoms with E-state index in [-0.39, 0.29) is 0 Å². The van der Waals surface area contributed by atoms with Crippen molar-refractivity contribution in [3.8, 4) is 6.07 Å². The molecule has 0 unspecified atom stereocenters. The molecule has 0 fully saturated rings. The second-order valence-electron chi connectivity index (χ2n) is 4.29. The summed E-state index contributed by atoms with van der Waals surface area (Å²) in [4.78, 5) is 4.33. The van der Waals surface area contributed by atoms with Crippen LogP contribution in [-0.4, -0.2) is 11.5 Å². The quantitative estimate of drug-likeness (QED) is 0.888. The summed E-state index contributed by atoms with van der Waals surface area (Å²) in [6.45, 7) is 4.99. The van der Waals surface area contributed by atoms with E-state index in [1.807, 2.05) is 13.0 Å². The van der Waals surface area contributed by atoms with Crippen molar-refractivity contribution in [2.75, 3.05) is 11.9 Å². The molecule has 1 aromatic carbocycles. The molecule has 18 heavy (non-hydrogen) atoms. The number of hydrogen-bond donors (Lipinski definition) is 1. The van der Waals surface area contributed by atoms with Gasteiger partial charge in [0.05, 0.1) is 16.8 Å². The second-order valence-corrected chi connectivity index (χ2v) is 4.29. The van der Waals surface area contributed by atoms with Crippen LogP contribution in [0.25, 0.3) is 10.9 Å². The average Bonchev–Trinajstić information content (AvgIpc) is 2.40. The summed E-state index contributed by atoms with van der Waals surface area (Å²) in [5.41, 5.74) is 3.74. The SMILES string of the molecule is CCCc1ccc2ncc(C#N)c(NCC)c2c1. The van der Waals surface area contributed by atoms with E-state index in [1.165, 1.54) is 5.56 Å². The zero-order valence-corrected chi connectivity index (χ0v) is 10.8. The largest absolute Gasteiger partial charge is 0.384 e. The van der Waals surface area contributed by atoms with Crippen LogP contribution in [0.1, 0.15) is 31.4 Å². The van der Waals surface area contributed by atoms with Crippen LogP contribution in [0.2, 0.25) is 0 Å². The molecule has 0 saturated heterocycles. The molecule has 2 aromatic rings. The van der Waals surface area contributed by atoms with Crippen LogP contribution < -0.4 is 5.32 Å². The number of rotatable bonds is 4. The topological polar surface area (TPSA) is 48.7 Å². The van der Waals surface area contributed by atoms with E-state index in [2.05, 4.69) is 35.4 Å². The number of hydrogen-bond acceptors (Lipinski definition) is 3. The van der Waals surface area contributed by atoms with Crippen molar-refractivity contribution in [2.45, 2.75) is 26.7 Å². The van der Waals surface area contributed by atoms with E-state index in [0.29, 0.717) is 5.56 Å². The Balaban J connectivity index is 2.64. The smallest absolute Gasteiger partial charge is 0.103 e. The predicted octanol–water partition coefficient (Wildman–Crippen LogP) is 3.49. The predicted molar refractivity (Wildman–Crippen MR) is 74.6 cm³/mol. The normalized spacial score (nSPS) is 10.3. The van der Waals surface area contributed by atoms with E-state index in [9.17, 15) is 0 Å². The van der Waals surface area contributed by atoms with Crippen LogP contribution in [0.4, 0.5) is 5.69 Å². The van der Waals surface area contributed by atoms with Gasteiger partial charge in [0, 0.05) is 18.1 Å². The molecule has 0 amide bonds. The van der Waals surface area contributed by atoms with Gasteiger partial charge in [-0.25, -0.2) is 0 Å². The first-order chi connectivity index (χ1) is 8.80. The fourth-order valence-electron chi connectivity index (χ4n) is 2.14. The highest BCUT2D eigenvalue weighted by atomic mass is 14.9. The number of nitrogens with zero attached hydrogens (tertiary/aromatic N) is 2. The molecule has 0 aliphatic carbocycles. The van der Waals surface area contributed by atoms with E-state index in [1.54, 1.807) is 6.20 Å². The summed E-state index contributed by atoms with van der Waals surface area (Å²) >= 11 is 0. The summed E-state index contributed by atoms with van der Waals surface area (Å²) in [6, 6.07) is 8.48. The zero-order valence-electron chi connectivity index (χ0n) is 10.8. The van der Waals surface area contributed by atoms with E-state index < -0.39 is 0 Å². The Morgan fingerprint density at radius 3 is 2.83 bits per heavy atom. The molecule has 0 spiro atoms. The van der Waals surface area contributed by atoms with Crippen LogP contribution in [0, 0.1) is 11.3 Å². The molecule has 2 rings (SSSR count). The fourth-order valence-corrected chi connectivity index (χ4v) is 2.14. The van der Waals surface area contributed by atoms with Gasteiger partial charge in [-0.15, -0.1) is 0 Å². The molecule has 3 nitrogen and oxygen atoms in total. The number of fused-ring (bicyclic) bond motifs is 1. The molecule has 92 valence electrons. The molecule has 1 aromatic heterocycles. The van der Waals surface area contributed by atoms with Gasteiger partial charge >= 0.3 is 0 Å². The highest BCUT2D eigenvalue weighted by Gasteiger charge is 2.08. The first-order valence-electron chi connectivity index (χ1n) is 6.35. The first-order valence-corrected chi connectivity index (χ1v) is 6.35. The highest BCUT2D eigenvalue weighted by Crippen LogP contribution is 2.26. The molecular formula is C15H17N3. The molecule has 0 aliphatic rings. The monoisotopic (exact) mass is 239 g/mol. The van der Waals surface area contributed by atoms with Gasteiger partial charge < -0.3 is 5.32 Å². The van der Waals surface area contributed by atoms with Crippen LogP contribution in [-0.2, 0) is 6.42 Å². The van der Waals surface area contributed by atoms with Gasteiger partial charge in [0.2, 0.25) is 0 Å². The number of aryl methyl sites for hydroxylation is 1. The Kier molecular flexibility index (Phi) is 3.78. The van der Waals surface area contributed by atoms with Crippen molar-refractivity contribution in [1.82, 2.24) is 4.98 Å². The molecule has 3 heteroatoms. The van der Waals surface area contributed by atoms with Crippen molar-refractivity contribution >= 4 is 16.6 Å². The molecule has 0 aliphatic heterocycles. The number of nitriles is 1. The van der Waals surface area contributed by atoms with Crippen molar-refractivity contribution in [2.24, 2.45) is 0 Å². The van der Waals surface area contributed by atoms with Gasteiger partial charge in [0.25, 0.3) is 0 Å². The van der Waals surface area contributed by atoms with Crippen molar-refractivity contribution < 1.29 is 0 Å². The third-order valence-electron chi connectivity index (χ3n) is 2.95. The van der Waals surface area contributed by atoms with Crippen LogP contribution in [0.5, 0.6) is 0 Å². The number of pyridine rings is 1. The third kappa shape index (κ3) is 2.28. The lowest BCUT2D eigenvalue weighted by Crippen LogP contribution is -2.01. The molecule has 1 N–H and O–H groups in total. The average molecular weight is 239 g/mol. The van der Waals surface area contributed by atoms with Gasteiger partial charge in [-0.05, 0) is 31.0 Å². The molecule has 0 atom stereocenters. The minimum absolute atomic E-state index is 0.609. The summed E-state index contributed by atoms with van der Waals surface area (Å²) in [5, 5.41) is 13.5. The van der Waals surface area contributed by atoms with Gasteiger partial charge in [-0.1, -0.05) is 19.4 Å². The van der Waals surface area contributed by atoms with Crippen molar-refractivity contribution in [3.05, 3.63) is 35.5 Å². The number of anilines is 1. The Hall–Kier alpha value is -2.08. The molecule has 1 heterocycles. The lowest BCUT2D eigenvalue weighted by atomic mass is 10.0. The first kappa shape index (κ1) is 12.4. The summed E-state index contributed by atoms with van der Waals surface area (Å²) in [5.74, 6) is 0. The summed E-state index contributed by atoms with van der Waals surface area (Å²) in [7, 11) is 0. The fraction of sp³-hybridized carbons (Fsp3) is 0.333. The lowest BCUT2D eigenvalue weighted by molar-refractivity contribution is 0.923. The number of aromatic nitrogens is 1. The molecular weight excluding hydrogens is 222 g/mol. The number of nitrogens with one attached hydrogen (secondary N) is 1. The second kappa shape index (κ2) is 5.50. The molecule has 0 radical (unpaired) electrons. The minimum atomic E-state index is 0.609. The third-order valence-corrected chi connectivity index (χ3v) is 2.95. The van der Waals surface area contributed by atoms with Crippen LogP contribution in [0.15, 0.2) is 24.4 Å². The lowest BCUT2D eigenvalue weighted by Gasteiger charge is -2.10. The van der Waals surface area contributed by atoms with Gasteiger partial charge in [-0.2, -0.15) is 5.26 Å². The Morgan fingerprint density at radius 2 is 2.17 bits per heavy atom.